The monoisotopic (exact) mass is 520 g/mol. The summed E-state index contributed by atoms with van der Waals surface area (Å²) >= 11 is 0. The Morgan fingerprint density at radius 2 is 1.43 bits per heavy atom. The summed E-state index contributed by atoms with van der Waals surface area (Å²) in [6.45, 7) is 3.61. The van der Waals surface area contributed by atoms with Gasteiger partial charge in [-0.05, 0) is 19.3 Å². The summed E-state index contributed by atoms with van der Waals surface area (Å²) in [5, 5.41) is 9.97. The average molecular weight is 521 g/mol. The summed E-state index contributed by atoms with van der Waals surface area (Å²) in [5.74, 6) is 0. The lowest BCUT2D eigenvalue weighted by Gasteiger charge is -2.34. The van der Waals surface area contributed by atoms with Crippen LogP contribution in [0.2, 0.25) is 0 Å². The van der Waals surface area contributed by atoms with E-state index in [0.717, 1.165) is 44.3 Å². The van der Waals surface area contributed by atoms with Gasteiger partial charge < -0.3 is 14.4 Å². The van der Waals surface area contributed by atoms with Crippen molar-refractivity contribution in [2.24, 2.45) is 0 Å². The Kier molecular flexibility index (Phi) is 18.3. The zero-order valence-electron chi connectivity index (χ0n) is 22.9. The van der Waals surface area contributed by atoms with Crippen LogP contribution in [0, 0.1) is 0 Å². The highest BCUT2D eigenvalue weighted by Crippen LogP contribution is 2.44. The normalized spacial score (nSPS) is 19.5. The molecule has 208 valence electrons. The van der Waals surface area contributed by atoms with Gasteiger partial charge in [0.1, 0.15) is 11.8 Å². The Balaban J connectivity index is 1.94. The van der Waals surface area contributed by atoms with E-state index >= 15 is 0 Å². The largest absolute Gasteiger partial charge is 0.527 e. The molecule has 35 heavy (non-hydrogen) atoms. The van der Waals surface area contributed by atoms with E-state index in [-0.39, 0.29) is 13.2 Å². The minimum absolute atomic E-state index is 0.0868. The van der Waals surface area contributed by atoms with E-state index in [1.807, 2.05) is 0 Å². The van der Waals surface area contributed by atoms with Crippen molar-refractivity contribution in [1.29, 1.82) is 0 Å². The molecule has 2 atom stereocenters. The number of piperidine rings is 1. The number of hydrogen-bond acceptors (Lipinski definition) is 5. The number of likely N-dealkylation sites (tertiary alicyclic amines) is 1. The number of aliphatic hydroxyl groups excluding tert-OH is 1. The van der Waals surface area contributed by atoms with Crippen LogP contribution in [0.25, 0.3) is 0 Å². The molecule has 1 aliphatic rings. The first-order valence-electron chi connectivity index (χ1n) is 14.2. The molecule has 0 aromatic rings. The number of unbranched alkanes of at least 4 members (excludes halogenated alkanes) is 13. The van der Waals surface area contributed by atoms with Crippen LogP contribution in [-0.4, -0.2) is 61.0 Å². The van der Waals surface area contributed by atoms with Gasteiger partial charge in [-0.1, -0.05) is 90.4 Å². The maximum absolute atomic E-state index is 12.1. The SMILES string of the molecule is CCCCCCCCCCCCCCCCOCC(O)COP(=O)(O)OC=C1CCCC[N+]1(C)C. The summed E-state index contributed by atoms with van der Waals surface area (Å²) < 4.78 is 28.2. The number of ether oxygens (including phenoxy) is 1. The Morgan fingerprint density at radius 1 is 0.886 bits per heavy atom. The lowest BCUT2D eigenvalue weighted by atomic mass is 10.0. The summed E-state index contributed by atoms with van der Waals surface area (Å²) in [6, 6.07) is 0. The number of phosphoric ester groups is 1. The van der Waals surface area contributed by atoms with Crippen LogP contribution in [0.15, 0.2) is 12.0 Å². The van der Waals surface area contributed by atoms with Crippen LogP contribution < -0.4 is 0 Å². The predicted octanol–water partition coefficient (Wildman–Crippen LogP) is 7.08. The van der Waals surface area contributed by atoms with E-state index in [4.69, 9.17) is 13.8 Å². The van der Waals surface area contributed by atoms with Gasteiger partial charge in [0.25, 0.3) is 0 Å². The van der Waals surface area contributed by atoms with Gasteiger partial charge in [0.05, 0.1) is 33.9 Å². The Bertz CT molecular complexity index is 598. The summed E-state index contributed by atoms with van der Waals surface area (Å²) in [6.07, 6.45) is 21.8. The second-order valence-corrected chi connectivity index (χ2v) is 12.1. The molecule has 0 aromatic carbocycles. The van der Waals surface area contributed by atoms with E-state index in [1.54, 1.807) is 0 Å². The highest BCUT2D eigenvalue weighted by atomic mass is 31.2. The fraction of sp³-hybridized carbons (Fsp3) is 0.926. The summed E-state index contributed by atoms with van der Waals surface area (Å²) in [4.78, 5) is 9.88. The van der Waals surface area contributed by atoms with Crippen molar-refractivity contribution in [3.05, 3.63) is 12.0 Å². The molecular formula is C27H55NO6P+. The van der Waals surface area contributed by atoms with Crippen molar-refractivity contribution in [3.8, 4) is 0 Å². The van der Waals surface area contributed by atoms with Gasteiger partial charge in [0, 0.05) is 13.0 Å². The zero-order valence-corrected chi connectivity index (χ0v) is 23.8. The molecule has 0 saturated carbocycles. The molecule has 0 radical (unpaired) electrons. The van der Waals surface area contributed by atoms with E-state index in [9.17, 15) is 14.6 Å². The first kappa shape index (κ1) is 32.6. The lowest BCUT2D eigenvalue weighted by Crippen LogP contribution is -2.41. The molecule has 7 nitrogen and oxygen atoms in total. The third-order valence-electron chi connectivity index (χ3n) is 6.88. The second-order valence-electron chi connectivity index (χ2n) is 10.7. The number of rotatable bonds is 22. The highest BCUT2D eigenvalue weighted by molar-refractivity contribution is 7.47. The molecule has 1 rings (SSSR count). The predicted molar refractivity (Wildman–Crippen MR) is 143 cm³/mol. The number of quaternary nitrogens is 1. The number of nitrogens with zero attached hydrogens (tertiary/aromatic N) is 1. The van der Waals surface area contributed by atoms with Gasteiger partial charge in [-0.3, -0.25) is 13.9 Å². The van der Waals surface area contributed by atoms with E-state index in [0.29, 0.717) is 11.1 Å². The van der Waals surface area contributed by atoms with E-state index in [1.165, 1.54) is 83.3 Å². The first-order chi connectivity index (χ1) is 16.8. The lowest BCUT2D eigenvalue weighted by molar-refractivity contribution is -0.858. The molecule has 2 N–H and O–H groups in total. The quantitative estimate of drug-likeness (QED) is 0.0687. The molecule has 1 saturated heterocycles. The minimum atomic E-state index is -4.25. The fourth-order valence-corrected chi connectivity index (χ4v) is 5.14. The van der Waals surface area contributed by atoms with Crippen LogP contribution in [-0.2, 0) is 18.3 Å². The molecule has 0 aliphatic carbocycles. The van der Waals surface area contributed by atoms with E-state index < -0.39 is 13.9 Å². The number of allylic oxidation sites excluding steroid dienone is 1. The summed E-state index contributed by atoms with van der Waals surface area (Å²) in [5.41, 5.74) is 0.964. The maximum Gasteiger partial charge on any atom is 0.527 e. The van der Waals surface area contributed by atoms with Crippen LogP contribution >= 0.6 is 7.82 Å². The fourth-order valence-electron chi connectivity index (χ4n) is 4.47. The molecule has 0 bridgehead atoms. The highest BCUT2D eigenvalue weighted by Gasteiger charge is 2.29. The molecule has 1 aliphatic heterocycles. The Morgan fingerprint density at radius 3 is 1.97 bits per heavy atom. The van der Waals surface area contributed by atoms with Gasteiger partial charge in [0.2, 0.25) is 0 Å². The third kappa shape index (κ3) is 17.6. The van der Waals surface area contributed by atoms with Crippen molar-refractivity contribution in [2.75, 3.05) is 40.5 Å². The van der Waals surface area contributed by atoms with Crippen LogP contribution in [0.3, 0.4) is 0 Å². The van der Waals surface area contributed by atoms with Gasteiger partial charge in [-0.15, -0.1) is 0 Å². The topological polar surface area (TPSA) is 85.2 Å². The van der Waals surface area contributed by atoms with Gasteiger partial charge in [0.15, 0.2) is 6.26 Å². The second kappa shape index (κ2) is 19.7. The molecule has 0 spiro atoms. The third-order valence-corrected chi connectivity index (χ3v) is 7.73. The van der Waals surface area contributed by atoms with Crippen molar-refractivity contribution in [1.82, 2.24) is 0 Å². The smallest absolute Gasteiger partial charge is 0.406 e. The van der Waals surface area contributed by atoms with Crippen molar-refractivity contribution in [3.63, 3.8) is 0 Å². The molecule has 8 heteroatoms. The summed E-state index contributed by atoms with van der Waals surface area (Å²) in [7, 11) is -0.143. The Hall–Kier alpha value is -0.430. The standard InChI is InChI=1S/C27H54NO6P/c1-4-5-6-7-8-9-10-11-12-13-14-15-16-19-22-32-24-27(29)25-34-35(30,31)33-23-26-20-17-18-21-28(26,2)3/h23,27,29H,4-22,24-25H2,1-3H3/p+1. The molecular weight excluding hydrogens is 465 g/mol. The molecule has 1 fully saturated rings. The number of phosphoric acid groups is 1. The van der Waals surface area contributed by atoms with Crippen molar-refractivity contribution in [2.45, 2.75) is 122 Å². The van der Waals surface area contributed by atoms with Crippen molar-refractivity contribution < 1.29 is 32.8 Å². The number of hydrogen-bond donors (Lipinski definition) is 2. The van der Waals surface area contributed by atoms with E-state index in [2.05, 4.69) is 21.0 Å². The maximum atomic E-state index is 12.1. The first-order valence-corrected chi connectivity index (χ1v) is 15.7. The Labute approximate surface area is 215 Å². The van der Waals surface area contributed by atoms with Crippen molar-refractivity contribution >= 4 is 7.82 Å². The molecule has 0 aromatic heterocycles. The zero-order chi connectivity index (χ0) is 25.8. The molecule has 1 heterocycles. The van der Waals surface area contributed by atoms with Gasteiger partial charge in [-0.2, -0.15) is 0 Å². The van der Waals surface area contributed by atoms with Gasteiger partial charge >= 0.3 is 7.82 Å². The van der Waals surface area contributed by atoms with Crippen LogP contribution in [0.1, 0.15) is 116 Å². The number of aliphatic hydroxyl groups is 1. The molecule has 2 unspecified atom stereocenters. The molecule has 0 amide bonds. The average Bonchev–Trinajstić information content (AvgIpc) is 2.81. The van der Waals surface area contributed by atoms with Gasteiger partial charge in [-0.25, -0.2) is 4.57 Å². The van der Waals surface area contributed by atoms with Crippen LogP contribution in [0.4, 0.5) is 0 Å². The minimum Gasteiger partial charge on any atom is -0.406 e. The van der Waals surface area contributed by atoms with Crippen LogP contribution in [0.5, 0.6) is 0 Å².